The van der Waals surface area contributed by atoms with E-state index in [1.165, 1.54) is 22.5 Å². The number of anilines is 1. The van der Waals surface area contributed by atoms with E-state index in [0.717, 1.165) is 12.8 Å². The predicted molar refractivity (Wildman–Crippen MR) is 73.7 cm³/mol. The van der Waals surface area contributed by atoms with E-state index in [1.807, 2.05) is 0 Å². The van der Waals surface area contributed by atoms with Gasteiger partial charge < -0.3 is 5.11 Å². The molecular formula is C12H17N3O4S. The van der Waals surface area contributed by atoms with Crippen LogP contribution in [0.3, 0.4) is 0 Å². The molecule has 20 heavy (non-hydrogen) atoms. The van der Waals surface area contributed by atoms with Crippen LogP contribution in [0.4, 0.5) is 5.82 Å². The second-order valence-corrected chi connectivity index (χ2v) is 6.57. The van der Waals surface area contributed by atoms with Gasteiger partial charge in [0, 0.05) is 13.1 Å². The molecular weight excluding hydrogens is 282 g/mol. The molecule has 0 radical (unpaired) electrons. The van der Waals surface area contributed by atoms with E-state index in [4.69, 9.17) is 5.11 Å². The van der Waals surface area contributed by atoms with Crippen LogP contribution in [-0.2, 0) is 10.2 Å². The average Bonchev–Trinajstić information content (AvgIpc) is 2.39. The Labute approximate surface area is 117 Å². The molecule has 0 bridgehead atoms. The van der Waals surface area contributed by atoms with Crippen LogP contribution in [0.15, 0.2) is 18.2 Å². The lowest BCUT2D eigenvalue weighted by atomic mass is 10.0. The number of carboxylic acids is 1. The minimum absolute atomic E-state index is 0.0171. The Balaban J connectivity index is 2.12. The van der Waals surface area contributed by atoms with Crippen LogP contribution in [0.5, 0.6) is 0 Å². The van der Waals surface area contributed by atoms with E-state index in [1.54, 1.807) is 0 Å². The number of nitrogens with one attached hydrogen (secondary N) is 1. The summed E-state index contributed by atoms with van der Waals surface area (Å²) in [6.07, 6.45) is 1.65. The summed E-state index contributed by atoms with van der Waals surface area (Å²) >= 11 is 0. The zero-order chi connectivity index (χ0) is 14.8. The first-order valence-electron chi connectivity index (χ1n) is 6.37. The number of piperidine rings is 1. The molecule has 0 saturated carbocycles. The van der Waals surface area contributed by atoms with Gasteiger partial charge in [-0.15, -0.1) is 0 Å². The highest BCUT2D eigenvalue weighted by Gasteiger charge is 2.26. The van der Waals surface area contributed by atoms with Crippen molar-refractivity contribution in [3.8, 4) is 0 Å². The van der Waals surface area contributed by atoms with E-state index >= 15 is 0 Å². The first-order chi connectivity index (χ1) is 9.38. The fraction of sp³-hybridized carbons (Fsp3) is 0.500. The van der Waals surface area contributed by atoms with Gasteiger partial charge in [0.05, 0.1) is 0 Å². The highest BCUT2D eigenvalue weighted by atomic mass is 32.2. The van der Waals surface area contributed by atoms with Crippen molar-refractivity contribution in [1.29, 1.82) is 0 Å². The molecule has 0 amide bonds. The number of pyridine rings is 1. The summed E-state index contributed by atoms with van der Waals surface area (Å²) in [5.41, 5.74) is -0.197. The van der Waals surface area contributed by atoms with E-state index < -0.39 is 16.2 Å². The average molecular weight is 299 g/mol. The maximum absolute atomic E-state index is 12.2. The van der Waals surface area contributed by atoms with Crippen molar-refractivity contribution in [2.24, 2.45) is 5.92 Å². The number of nitrogens with zero attached hydrogens (tertiary/aromatic N) is 2. The molecule has 1 saturated heterocycles. The van der Waals surface area contributed by atoms with Crippen LogP contribution in [0.25, 0.3) is 0 Å². The van der Waals surface area contributed by atoms with Crippen LogP contribution in [0, 0.1) is 5.92 Å². The molecule has 1 aliphatic heterocycles. The minimum atomic E-state index is -3.67. The fourth-order valence-electron chi connectivity index (χ4n) is 2.03. The first kappa shape index (κ1) is 14.7. The second kappa shape index (κ2) is 5.76. The van der Waals surface area contributed by atoms with E-state index in [2.05, 4.69) is 16.6 Å². The van der Waals surface area contributed by atoms with Gasteiger partial charge in [-0.1, -0.05) is 13.0 Å². The Morgan fingerprint density at radius 3 is 2.65 bits per heavy atom. The van der Waals surface area contributed by atoms with E-state index in [0.29, 0.717) is 19.0 Å². The Bertz CT molecular complexity index is 594. The van der Waals surface area contributed by atoms with Gasteiger partial charge in [-0.3, -0.25) is 4.72 Å². The van der Waals surface area contributed by atoms with Crippen LogP contribution in [-0.4, -0.2) is 41.9 Å². The molecule has 110 valence electrons. The number of carbonyl (C=O) groups is 1. The van der Waals surface area contributed by atoms with Crippen molar-refractivity contribution in [2.45, 2.75) is 19.8 Å². The summed E-state index contributed by atoms with van der Waals surface area (Å²) in [5.74, 6) is -0.656. The first-order valence-corrected chi connectivity index (χ1v) is 7.81. The summed E-state index contributed by atoms with van der Waals surface area (Å²) in [4.78, 5) is 14.6. The SMILES string of the molecule is CC1CCN(S(=O)(=O)Nc2cccc(C(=O)O)n2)CC1. The van der Waals surface area contributed by atoms with Gasteiger partial charge in [0.25, 0.3) is 0 Å². The van der Waals surface area contributed by atoms with Gasteiger partial charge in [0.2, 0.25) is 0 Å². The molecule has 2 N–H and O–H groups in total. The maximum atomic E-state index is 12.2. The Kier molecular flexibility index (Phi) is 4.24. The van der Waals surface area contributed by atoms with Crippen LogP contribution >= 0.6 is 0 Å². The predicted octanol–water partition coefficient (Wildman–Crippen LogP) is 1.17. The van der Waals surface area contributed by atoms with Crippen LogP contribution < -0.4 is 4.72 Å². The van der Waals surface area contributed by atoms with Crippen molar-refractivity contribution in [2.75, 3.05) is 17.8 Å². The summed E-state index contributed by atoms with van der Waals surface area (Å²) in [6.45, 7) is 3.03. The topological polar surface area (TPSA) is 99.6 Å². The summed E-state index contributed by atoms with van der Waals surface area (Å²) in [7, 11) is -3.67. The van der Waals surface area contributed by atoms with Gasteiger partial charge in [-0.05, 0) is 30.9 Å². The van der Waals surface area contributed by atoms with Gasteiger partial charge in [0.1, 0.15) is 5.82 Å². The molecule has 8 heteroatoms. The van der Waals surface area contributed by atoms with Crippen LogP contribution in [0.1, 0.15) is 30.3 Å². The lowest BCUT2D eigenvalue weighted by Gasteiger charge is -2.29. The van der Waals surface area contributed by atoms with Gasteiger partial charge >= 0.3 is 16.2 Å². The van der Waals surface area contributed by atoms with Crippen molar-refractivity contribution < 1.29 is 18.3 Å². The van der Waals surface area contributed by atoms with Crippen LogP contribution in [0.2, 0.25) is 0 Å². The normalized spacial score (nSPS) is 17.9. The third-order valence-corrected chi connectivity index (χ3v) is 4.80. The maximum Gasteiger partial charge on any atom is 0.354 e. The Morgan fingerprint density at radius 2 is 2.05 bits per heavy atom. The minimum Gasteiger partial charge on any atom is -0.477 e. The molecule has 7 nitrogen and oxygen atoms in total. The molecule has 0 aromatic carbocycles. The molecule has 1 aromatic heterocycles. The Morgan fingerprint density at radius 1 is 1.40 bits per heavy atom. The molecule has 2 heterocycles. The summed E-state index contributed by atoms with van der Waals surface area (Å²) in [6, 6.07) is 4.19. The summed E-state index contributed by atoms with van der Waals surface area (Å²) < 4.78 is 28.0. The van der Waals surface area contributed by atoms with Gasteiger partial charge in [0.15, 0.2) is 5.69 Å². The quantitative estimate of drug-likeness (QED) is 0.869. The monoisotopic (exact) mass is 299 g/mol. The number of rotatable bonds is 4. The van der Waals surface area contributed by atoms with Crippen molar-refractivity contribution in [3.63, 3.8) is 0 Å². The largest absolute Gasteiger partial charge is 0.477 e. The third-order valence-electron chi connectivity index (χ3n) is 3.28. The number of aromatic carboxylic acids is 1. The summed E-state index contributed by atoms with van der Waals surface area (Å²) in [5, 5.41) is 8.84. The van der Waals surface area contributed by atoms with Crippen molar-refractivity contribution in [3.05, 3.63) is 23.9 Å². The molecule has 1 aromatic rings. The molecule has 2 rings (SSSR count). The van der Waals surface area contributed by atoms with E-state index in [9.17, 15) is 13.2 Å². The lowest BCUT2D eigenvalue weighted by Crippen LogP contribution is -2.41. The van der Waals surface area contributed by atoms with Crippen molar-refractivity contribution in [1.82, 2.24) is 9.29 Å². The Hall–Kier alpha value is -1.67. The van der Waals surface area contributed by atoms with Gasteiger partial charge in [-0.25, -0.2) is 9.78 Å². The van der Waals surface area contributed by atoms with E-state index in [-0.39, 0.29) is 11.5 Å². The van der Waals surface area contributed by atoms with Crippen molar-refractivity contribution >= 4 is 22.0 Å². The fourth-order valence-corrected chi connectivity index (χ4v) is 3.23. The standard InChI is InChI=1S/C12H17N3O4S/c1-9-5-7-15(8-6-9)20(18,19)14-11-4-2-3-10(13-11)12(16)17/h2-4,9H,5-8H2,1H3,(H,13,14)(H,16,17). The third kappa shape index (κ3) is 3.45. The molecule has 0 unspecified atom stereocenters. The van der Waals surface area contributed by atoms with Gasteiger partial charge in [-0.2, -0.15) is 12.7 Å². The number of hydrogen-bond acceptors (Lipinski definition) is 4. The molecule has 1 fully saturated rings. The second-order valence-electron chi connectivity index (χ2n) is 4.90. The molecule has 0 aliphatic carbocycles. The number of aromatic nitrogens is 1. The zero-order valence-electron chi connectivity index (χ0n) is 11.1. The molecule has 0 atom stereocenters. The zero-order valence-corrected chi connectivity index (χ0v) is 11.9. The lowest BCUT2D eigenvalue weighted by molar-refractivity contribution is 0.0690. The molecule has 1 aliphatic rings. The number of hydrogen-bond donors (Lipinski definition) is 2. The highest BCUT2D eigenvalue weighted by Crippen LogP contribution is 2.19. The smallest absolute Gasteiger partial charge is 0.354 e. The number of carboxylic acid groups (broad SMARTS) is 1. The molecule has 0 spiro atoms. The highest BCUT2D eigenvalue weighted by molar-refractivity contribution is 7.90.